The zero-order valence-corrected chi connectivity index (χ0v) is 11.9. The highest BCUT2D eigenvalue weighted by Gasteiger charge is 2.33. The molecule has 2 aliphatic carbocycles. The van der Waals surface area contributed by atoms with Crippen molar-refractivity contribution in [3.63, 3.8) is 0 Å². The second-order valence-corrected chi connectivity index (χ2v) is 6.68. The van der Waals surface area contributed by atoms with E-state index in [2.05, 4.69) is 25.7 Å². The van der Waals surface area contributed by atoms with E-state index in [9.17, 15) is 0 Å². The molecule has 0 spiro atoms. The molecule has 4 atom stereocenters. The van der Waals surface area contributed by atoms with Gasteiger partial charge in [0.2, 0.25) is 0 Å². The van der Waals surface area contributed by atoms with Crippen LogP contribution in [0.2, 0.25) is 0 Å². The van der Waals surface area contributed by atoms with Crippen molar-refractivity contribution in [2.24, 2.45) is 29.4 Å². The van der Waals surface area contributed by atoms with Gasteiger partial charge in [0.25, 0.3) is 0 Å². The Kier molecular flexibility index (Phi) is 4.48. The first kappa shape index (κ1) is 13.4. The van der Waals surface area contributed by atoms with Crippen LogP contribution in [0.25, 0.3) is 0 Å². The number of hydrogen-bond donors (Lipinski definition) is 1. The highest BCUT2D eigenvalue weighted by atomic mass is 15.1. The third-order valence-electron chi connectivity index (χ3n) is 4.86. The molecule has 0 bridgehead atoms. The molecule has 0 amide bonds. The van der Waals surface area contributed by atoms with Gasteiger partial charge in [-0.1, -0.05) is 20.8 Å². The molecule has 0 aromatic rings. The highest BCUT2D eigenvalue weighted by Crippen LogP contribution is 2.34. The van der Waals surface area contributed by atoms with Gasteiger partial charge in [0.05, 0.1) is 0 Å². The molecule has 2 aliphatic rings. The van der Waals surface area contributed by atoms with E-state index in [1.807, 2.05) is 0 Å². The van der Waals surface area contributed by atoms with Gasteiger partial charge in [-0.15, -0.1) is 0 Å². The monoisotopic (exact) mass is 238 g/mol. The van der Waals surface area contributed by atoms with Crippen LogP contribution in [0, 0.1) is 23.7 Å². The van der Waals surface area contributed by atoms with Crippen LogP contribution in [-0.4, -0.2) is 30.6 Å². The number of nitrogens with two attached hydrogens (primary N) is 1. The van der Waals surface area contributed by atoms with Crippen LogP contribution in [0.1, 0.15) is 46.5 Å². The lowest BCUT2D eigenvalue weighted by Gasteiger charge is -2.40. The summed E-state index contributed by atoms with van der Waals surface area (Å²) in [5.41, 5.74) is 6.38. The highest BCUT2D eigenvalue weighted by molar-refractivity contribution is 4.88. The smallest absolute Gasteiger partial charge is 0.00844 e. The number of rotatable bonds is 5. The Morgan fingerprint density at radius 1 is 1.12 bits per heavy atom. The van der Waals surface area contributed by atoms with E-state index in [0.717, 1.165) is 23.7 Å². The van der Waals surface area contributed by atoms with E-state index < -0.39 is 0 Å². The van der Waals surface area contributed by atoms with Crippen molar-refractivity contribution in [1.82, 2.24) is 4.90 Å². The summed E-state index contributed by atoms with van der Waals surface area (Å²) in [6.07, 6.45) is 5.52. The fourth-order valence-electron chi connectivity index (χ4n) is 3.58. The van der Waals surface area contributed by atoms with Crippen molar-refractivity contribution in [2.45, 2.75) is 52.5 Å². The molecular weight excluding hydrogens is 208 g/mol. The molecule has 0 aromatic carbocycles. The summed E-state index contributed by atoms with van der Waals surface area (Å²) >= 11 is 0. The lowest BCUT2D eigenvalue weighted by molar-refractivity contribution is 0.118. The second-order valence-electron chi connectivity index (χ2n) is 6.68. The van der Waals surface area contributed by atoms with Gasteiger partial charge in [-0.2, -0.15) is 0 Å². The average molecular weight is 238 g/mol. The van der Waals surface area contributed by atoms with Crippen LogP contribution >= 0.6 is 0 Å². The molecule has 2 rings (SSSR count). The molecule has 2 heteroatoms. The summed E-state index contributed by atoms with van der Waals surface area (Å²) in [5, 5.41) is 0. The lowest BCUT2D eigenvalue weighted by Crippen LogP contribution is -2.47. The Balaban J connectivity index is 1.86. The first-order chi connectivity index (χ1) is 8.10. The molecule has 0 saturated heterocycles. The SMILES string of the molecule is CCN(CC1CC1)CC1C(C)CC(C)CC1N. The number of hydrogen-bond acceptors (Lipinski definition) is 2. The van der Waals surface area contributed by atoms with E-state index in [1.165, 1.54) is 45.3 Å². The van der Waals surface area contributed by atoms with E-state index in [0.29, 0.717) is 6.04 Å². The Bertz CT molecular complexity index is 225. The maximum absolute atomic E-state index is 6.38. The summed E-state index contributed by atoms with van der Waals surface area (Å²) in [6.45, 7) is 10.8. The van der Waals surface area contributed by atoms with Crippen LogP contribution < -0.4 is 5.73 Å². The second kappa shape index (κ2) is 5.71. The molecule has 100 valence electrons. The van der Waals surface area contributed by atoms with Crippen LogP contribution in [-0.2, 0) is 0 Å². The molecule has 0 aliphatic heterocycles. The standard InChI is InChI=1S/C15H30N2/c1-4-17(9-13-5-6-13)10-14-12(3)7-11(2)8-15(14)16/h11-15H,4-10,16H2,1-3H3. The molecule has 0 radical (unpaired) electrons. The molecule has 17 heavy (non-hydrogen) atoms. The summed E-state index contributed by atoms with van der Waals surface area (Å²) in [6, 6.07) is 0.432. The van der Waals surface area contributed by atoms with Crippen LogP contribution in [0.5, 0.6) is 0 Å². The van der Waals surface area contributed by atoms with E-state index in [1.54, 1.807) is 0 Å². The topological polar surface area (TPSA) is 29.3 Å². The number of nitrogens with zero attached hydrogens (tertiary/aromatic N) is 1. The summed E-state index contributed by atoms with van der Waals surface area (Å²) < 4.78 is 0. The minimum atomic E-state index is 0.432. The molecule has 2 nitrogen and oxygen atoms in total. The first-order valence-corrected chi connectivity index (χ1v) is 7.58. The van der Waals surface area contributed by atoms with Crippen LogP contribution in [0.3, 0.4) is 0 Å². The molecule has 2 saturated carbocycles. The van der Waals surface area contributed by atoms with Crippen molar-refractivity contribution in [3.8, 4) is 0 Å². The zero-order valence-electron chi connectivity index (χ0n) is 11.9. The molecule has 0 aromatic heterocycles. The molecule has 0 heterocycles. The van der Waals surface area contributed by atoms with Gasteiger partial charge in [0.1, 0.15) is 0 Å². The fourth-order valence-corrected chi connectivity index (χ4v) is 3.58. The lowest BCUT2D eigenvalue weighted by atomic mass is 9.72. The Morgan fingerprint density at radius 3 is 2.35 bits per heavy atom. The van der Waals surface area contributed by atoms with Crippen molar-refractivity contribution >= 4 is 0 Å². The molecule has 2 fully saturated rings. The normalized spacial score (nSPS) is 38.6. The fraction of sp³-hybridized carbons (Fsp3) is 1.00. The average Bonchev–Trinajstić information content (AvgIpc) is 3.05. The van der Waals surface area contributed by atoms with E-state index in [-0.39, 0.29) is 0 Å². The minimum Gasteiger partial charge on any atom is -0.327 e. The largest absolute Gasteiger partial charge is 0.327 e. The third-order valence-corrected chi connectivity index (χ3v) is 4.86. The van der Waals surface area contributed by atoms with Crippen LogP contribution in [0.15, 0.2) is 0 Å². The Hall–Kier alpha value is -0.0800. The molecule has 4 unspecified atom stereocenters. The van der Waals surface area contributed by atoms with Gasteiger partial charge < -0.3 is 10.6 Å². The first-order valence-electron chi connectivity index (χ1n) is 7.58. The van der Waals surface area contributed by atoms with Gasteiger partial charge in [0.15, 0.2) is 0 Å². The van der Waals surface area contributed by atoms with Crippen molar-refractivity contribution < 1.29 is 0 Å². The predicted octanol–water partition coefficient (Wildman–Crippen LogP) is 2.73. The Labute approximate surface area is 107 Å². The summed E-state index contributed by atoms with van der Waals surface area (Å²) in [4.78, 5) is 2.65. The molecular formula is C15H30N2. The van der Waals surface area contributed by atoms with Crippen molar-refractivity contribution in [2.75, 3.05) is 19.6 Å². The van der Waals surface area contributed by atoms with Crippen molar-refractivity contribution in [1.29, 1.82) is 0 Å². The van der Waals surface area contributed by atoms with Gasteiger partial charge in [-0.25, -0.2) is 0 Å². The van der Waals surface area contributed by atoms with Crippen molar-refractivity contribution in [3.05, 3.63) is 0 Å². The summed E-state index contributed by atoms with van der Waals surface area (Å²) in [7, 11) is 0. The predicted molar refractivity (Wildman–Crippen MR) is 73.9 cm³/mol. The summed E-state index contributed by atoms with van der Waals surface area (Å²) in [5.74, 6) is 3.37. The van der Waals surface area contributed by atoms with Gasteiger partial charge >= 0.3 is 0 Å². The minimum absolute atomic E-state index is 0.432. The Morgan fingerprint density at radius 2 is 1.82 bits per heavy atom. The zero-order chi connectivity index (χ0) is 12.4. The maximum atomic E-state index is 6.38. The van der Waals surface area contributed by atoms with Gasteiger partial charge in [0, 0.05) is 19.1 Å². The van der Waals surface area contributed by atoms with Crippen LogP contribution in [0.4, 0.5) is 0 Å². The van der Waals surface area contributed by atoms with Gasteiger partial charge in [-0.3, -0.25) is 0 Å². The molecule has 2 N–H and O–H groups in total. The van der Waals surface area contributed by atoms with E-state index in [4.69, 9.17) is 5.73 Å². The quantitative estimate of drug-likeness (QED) is 0.798. The third kappa shape index (κ3) is 3.69. The maximum Gasteiger partial charge on any atom is 0.00844 e. The van der Waals surface area contributed by atoms with E-state index >= 15 is 0 Å². The van der Waals surface area contributed by atoms with Gasteiger partial charge in [-0.05, 0) is 55.9 Å².